The summed E-state index contributed by atoms with van der Waals surface area (Å²) in [4.78, 5) is 25.2. The van der Waals surface area contributed by atoms with Crippen LogP contribution in [0.2, 0.25) is 15.1 Å². The number of carbonyl (C=O) groups excluding carboxylic acids is 2. The first-order chi connectivity index (χ1) is 14.4. The smallest absolute Gasteiger partial charge is 0.252 e. The zero-order valence-electron chi connectivity index (χ0n) is 15.6. The highest BCUT2D eigenvalue weighted by atomic mass is 35.5. The fourth-order valence-electron chi connectivity index (χ4n) is 3.68. The normalized spacial score (nSPS) is 25.1. The highest BCUT2D eigenvalue weighted by Crippen LogP contribution is 2.65. The highest BCUT2D eigenvalue weighted by Gasteiger charge is 2.67. The maximum Gasteiger partial charge on any atom is 0.252 e. The van der Waals surface area contributed by atoms with Crippen molar-refractivity contribution < 1.29 is 18.4 Å². The number of nitrogens with one attached hydrogen (secondary N) is 1. The van der Waals surface area contributed by atoms with E-state index in [1.54, 1.807) is 18.2 Å². The minimum absolute atomic E-state index is 0.0687. The molecular formula is C21H14Cl5F2NO2. The number of anilines is 1. The minimum atomic E-state index is -2.80. The number of alkyl halides is 4. The number of halogens is 7. The third kappa shape index (κ3) is 4.67. The number of benzene rings is 2. The molecule has 10 heteroatoms. The number of carbonyl (C=O) groups is 2. The Morgan fingerprint density at radius 2 is 1.65 bits per heavy atom. The predicted molar refractivity (Wildman–Crippen MR) is 119 cm³/mol. The molecular weight excluding hydrogens is 513 g/mol. The van der Waals surface area contributed by atoms with E-state index in [9.17, 15) is 18.4 Å². The Bertz CT molecular complexity index is 1070. The van der Waals surface area contributed by atoms with Crippen molar-refractivity contribution in [2.75, 3.05) is 5.32 Å². The molecule has 0 aromatic heterocycles. The van der Waals surface area contributed by atoms with Gasteiger partial charge in [-0.05, 0) is 42.0 Å². The monoisotopic (exact) mass is 525 g/mol. The van der Waals surface area contributed by atoms with E-state index in [1.807, 2.05) is 0 Å². The summed E-state index contributed by atoms with van der Waals surface area (Å²) >= 11 is 30.8. The Morgan fingerprint density at radius 3 is 2.23 bits per heavy atom. The summed E-state index contributed by atoms with van der Waals surface area (Å²) in [6, 6.07) is 9.11. The first-order valence-corrected chi connectivity index (χ1v) is 11.1. The van der Waals surface area contributed by atoms with Crippen molar-refractivity contribution >= 4 is 75.4 Å². The van der Waals surface area contributed by atoms with Gasteiger partial charge in [-0.15, -0.1) is 23.2 Å². The van der Waals surface area contributed by atoms with Crippen molar-refractivity contribution in [3.8, 4) is 0 Å². The fraction of sp³-hybridized carbons (Fsp3) is 0.333. The summed E-state index contributed by atoms with van der Waals surface area (Å²) < 4.78 is 24.9. The third-order valence-corrected chi connectivity index (χ3v) is 7.21. The summed E-state index contributed by atoms with van der Waals surface area (Å²) in [6.07, 6.45) is -0.617. The number of hydrogen-bond donors (Lipinski definition) is 1. The molecule has 1 amide bonds. The number of rotatable bonds is 6. The van der Waals surface area contributed by atoms with Gasteiger partial charge in [0, 0.05) is 46.0 Å². The molecule has 2 aromatic carbocycles. The molecule has 4 rings (SSSR count). The van der Waals surface area contributed by atoms with Crippen LogP contribution in [-0.4, -0.2) is 21.9 Å². The van der Waals surface area contributed by atoms with Gasteiger partial charge in [0.25, 0.3) is 5.92 Å². The molecule has 2 fully saturated rings. The van der Waals surface area contributed by atoms with E-state index in [4.69, 9.17) is 58.0 Å². The van der Waals surface area contributed by atoms with Crippen molar-refractivity contribution in [1.29, 1.82) is 0 Å². The van der Waals surface area contributed by atoms with Crippen LogP contribution in [0.15, 0.2) is 36.4 Å². The number of Topliss-reactive ketones (excluding diaryl/α,β-unsaturated/α-hetero) is 1. The van der Waals surface area contributed by atoms with E-state index in [-0.39, 0.29) is 29.1 Å². The Labute approximate surface area is 201 Å². The van der Waals surface area contributed by atoms with Crippen molar-refractivity contribution in [3.05, 3.63) is 62.6 Å². The van der Waals surface area contributed by atoms with E-state index < -0.39 is 39.7 Å². The molecule has 2 saturated carbocycles. The minimum Gasteiger partial charge on any atom is -0.326 e. The molecule has 31 heavy (non-hydrogen) atoms. The molecule has 2 aliphatic carbocycles. The summed E-state index contributed by atoms with van der Waals surface area (Å²) in [5.74, 6) is -6.07. The molecule has 0 spiro atoms. The maximum atomic E-state index is 13.1. The van der Waals surface area contributed by atoms with Crippen LogP contribution in [0.25, 0.3) is 0 Å². The summed E-state index contributed by atoms with van der Waals surface area (Å²) in [6.45, 7) is 0. The van der Waals surface area contributed by atoms with E-state index >= 15 is 0 Å². The van der Waals surface area contributed by atoms with Gasteiger partial charge in [-0.1, -0.05) is 34.8 Å². The molecule has 164 valence electrons. The predicted octanol–water partition coefficient (Wildman–Crippen LogP) is 7.40. The number of amides is 1. The van der Waals surface area contributed by atoms with Gasteiger partial charge in [-0.2, -0.15) is 0 Å². The van der Waals surface area contributed by atoms with Gasteiger partial charge < -0.3 is 5.32 Å². The second-order valence-electron chi connectivity index (χ2n) is 7.81. The van der Waals surface area contributed by atoms with Crippen LogP contribution in [0.1, 0.15) is 34.7 Å². The van der Waals surface area contributed by atoms with Gasteiger partial charge in [0.05, 0.1) is 10.9 Å². The highest BCUT2D eigenvalue weighted by molar-refractivity contribution is 6.53. The van der Waals surface area contributed by atoms with Crippen molar-refractivity contribution in [2.24, 2.45) is 11.8 Å². The molecule has 3 nitrogen and oxygen atoms in total. The van der Waals surface area contributed by atoms with Gasteiger partial charge in [0.1, 0.15) is 4.33 Å². The number of ketones is 1. The van der Waals surface area contributed by atoms with Crippen LogP contribution in [0.3, 0.4) is 0 Å². The van der Waals surface area contributed by atoms with E-state index in [1.165, 1.54) is 18.2 Å². The second kappa shape index (κ2) is 8.03. The molecule has 1 N–H and O–H groups in total. The van der Waals surface area contributed by atoms with Gasteiger partial charge in [-0.25, -0.2) is 8.78 Å². The Hall–Kier alpha value is -1.11. The summed E-state index contributed by atoms with van der Waals surface area (Å²) in [5.41, 5.74) is 0.971. The molecule has 0 radical (unpaired) electrons. The standard InChI is InChI=1S/C21H14Cl5F2NO2/c22-11-3-9(4-12(23)6-11)17-18(21(17,25)26)19(31)29-13-1-2-15(24)14(7-13)16(30)5-10-8-20(10,27)28/h1-4,6-7,10,17-18H,5,8H2,(H,29,31). The lowest BCUT2D eigenvalue weighted by Crippen LogP contribution is -2.17. The molecule has 2 aliphatic rings. The topological polar surface area (TPSA) is 46.2 Å². The van der Waals surface area contributed by atoms with E-state index in [2.05, 4.69) is 5.32 Å². The van der Waals surface area contributed by atoms with Gasteiger partial charge in [0.15, 0.2) is 5.78 Å². The quantitative estimate of drug-likeness (QED) is 0.314. The first kappa shape index (κ1) is 23.1. The molecule has 2 aromatic rings. The van der Waals surface area contributed by atoms with Crippen molar-refractivity contribution in [2.45, 2.75) is 29.0 Å². The average molecular weight is 528 g/mol. The Morgan fingerprint density at radius 1 is 1.03 bits per heavy atom. The van der Waals surface area contributed by atoms with Crippen molar-refractivity contribution in [1.82, 2.24) is 0 Å². The zero-order valence-corrected chi connectivity index (χ0v) is 19.4. The summed E-state index contributed by atoms with van der Waals surface area (Å²) in [7, 11) is 0. The second-order valence-corrected chi connectivity index (χ2v) is 10.5. The molecule has 3 unspecified atom stereocenters. The Kier molecular flexibility index (Phi) is 5.98. The van der Waals surface area contributed by atoms with Gasteiger partial charge in [0.2, 0.25) is 5.91 Å². The molecule has 0 bridgehead atoms. The number of hydrogen-bond acceptors (Lipinski definition) is 2. The molecule has 3 atom stereocenters. The largest absolute Gasteiger partial charge is 0.326 e. The zero-order chi connectivity index (χ0) is 22.7. The van der Waals surface area contributed by atoms with Gasteiger partial charge in [-0.3, -0.25) is 9.59 Å². The van der Waals surface area contributed by atoms with Crippen LogP contribution < -0.4 is 5.32 Å². The van der Waals surface area contributed by atoms with Crippen LogP contribution in [-0.2, 0) is 4.79 Å². The fourth-order valence-corrected chi connectivity index (χ4v) is 5.28. The third-order valence-electron chi connectivity index (χ3n) is 5.50. The molecule has 0 heterocycles. The van der Waals surface area contributed by atoms with Crippen LogP contribution in [0.4, 0.5) is 14.5 Å². The van der Waals surface area contributed by atoms with Crippen LogP contribution in [0, 0.1) is 11.8 Å². The van der Waals surface area contributed by atoms with Crippen molar-refractivity contribution in [3.63, 3.8) is 0 Å². The lowest BCUT2D eigenvalue weighted by molar-refractivity contribution is -0.117. The molecule has 0 saturated heterocycles. The van der Waals surface area contributed by atoms with Gasteiger partial charge >= 0.3 is 0 Å². The van der Waals surface area contributed by atoms with Crippen LogP contribution >= 0.6 is 58.0 Å². The van der Waals surface area contributed by atoms with E-state index in [0.717, 1.165) is 0 Å². The van der Waals surface area contributed by atoms with Crippen LogP contribution in [0.5, 0.6) is 0 Å². The first-order valence-electron chi connectivity index (χ1n) is 9.25. The molecule has 0 aliphatic heterocycles. The SMILES string of the molecule is O=C(CC1CC1(F)F)c1cc(NC(=O)C2C(c3cc(Cl)cc(Cl)c3)C2(Cl)Cl)ccc1Cl. The van der Waals surface area contributed by atoms with E-state index in [0.29, 0.717) is 15.6 Å². The lowest BCUT2D eigenvalue weighted by atomic mass is 10.0. The average Bonchev–Trinajstić information content (AvgIpc) is 3.45. The lowest BCUT2D eigenvalue weighted by Gasteiger charge is -2.09. The summed E-state index contributed by atoms with van der Waals surface area (Å²) in [5, 5.41) is 3.56. The Balaban J connectivity index is 1.49. The maximum absolute atomic E-state index is 13.1.